The second-order valence-electron chi connectivity index (χ2n) is 4.27. The van der Waals surface area contributed by atoms with Crippen molar-refractivity contribution in [2.24, 2.45) is 0 Å². The maximum atomic E-state index is 12.9. The minimum atomic E-state index is -0.209. The molecule has 0 atom stereocenters. The number of hydrogen-bond donors (Lipinski definition) is 1. The van der Waals surface area contributed by atoms with Gasteiger partial charge in [-0.15, -0.1) is 0 Å². The average Bonchev–Trinajstić information content (AvgIpc) is 2.80. The highest BCUT2D eigenvalue weighted by Gasteiger charge is 2.11. The minimum absolute atomic E-state index is 0.209. The average molecular weight is 233 g/mol. The van der Waals surface area contributed by atoms with Crippen LogP contribution in [0.3, 0.4) is 0 Å². The lowest BCUT2D eigenvalue weighted by Crippen LogP contribution is -2.30. The summed E-state index contributed by atoms with van der Waals surface area (Å²) in [6.07, 6.45) is 3.47. The van der Waals surface area contributed by atoms with E-state index in [-0.39, 0.29) is 5.82 Å². The van der Waals surface area contributed by atoms with Gasteiger partial charge in [-0.3, -0.25) is 0 Å². The van der Waals surface area contributed by atoms with Crippen molar-refractivity contribution in [2.75, 3.05) is 4.90 Å². The van der Waals surface area contributed by atoms with Crippen LogP contribution in [0.15, 0.2) is 36.8 Å². The van der Waals surface area contributed by atoms with Crippen LogP contribution in [-0.2, 0) is 6.54 Å². The number of anilines is 1. The molecule has 2 rings (SSSR count). The molecule has 1 heterocycles. The SMILES string of the molecule is CC(C)N(Cc1cnc[nH]1)c1ccc(F)cc1. The fourth-order valence-corrected chi connectivity index (χ4v) is 1.76. The Hall–Kier alpha value is -1.84. The Morgan fingerprint density at radius 2 is 2.00 bits per heavy atom. The smallest absolute Gasteiger partial charge is 0.123 e. The van der Waals surface area contributed by atoms with Gasteiger partial charge in [0.2, 0.25) is 0 Å². The maximum absolute atomic E-state index is 12.9. The summed E-state index contributed by atoms with van der Waals surface area (Å²) in [6, 6.07) is 6.90. The van der Waals surface area contributed by atoms with Gasteiger partial charge in [0, 0.05) is 17.9 Å². The van der Waals surface area contributed by atoms with E-state index in [1.165, 1.54) is 12.1 Å². The second-order valence-corrected chi connectivity index (χ2v) is 4.27. The van der Waals surface area contributed by atoms with Gasteiger partial charge in [-0.1, -0.05) is 0 Å². The molecule has 0 aliphatic heterocycles. The number of aromatic amines is 1. The first-order chi connectivity index (χ1) is 8.16. The van der Waals surface area contributed by atoms with Crippen molar-refractivity contribution in [1.82, 2.24) is 9.97 Å². The Morgan fingerprint density at radius 1 is 1.29 bits per heavy atom. The van der Waals surface area contributed by atoms with Crippen molar-refractivity contribution in [2.45, 2.75) is 26.4 Å². The molecule has 0 saturated carbocycles. The molecule has 0 fully saturated rings. The predicted octanol–water partition coefficient (Wildman–Crippen LogP) is 2.96. The molecule has 0 bridgehead atoms. The highest BCUT2D eigenvalue weighted by atomic mass is 19.1. The molecule has 4 heteroatoms. The van der Waals surface area contributed by atoms with Crippen LogP contribution < -0.4 is 4.90 Å². The molecule has 0 spiro atoms. The number of nitrogens with zero attached hydrogens (tertiary/aromatic N) is 2. The molecular weight excluding hydrogens is 217 g/mol. The molecule has 17 heavy (non-hydrogen) atoms. The normalized spacial score (nSPS) is 10.8. The summed E-state index contributed by atoms with van der Waals surface area (Å²) in [5.41, 5.74) is 2.05. The standard InChI is InChI=1S/C13H16FN3/c1-10(2)17(8-12-7-15-9-16-12)13-5-3-11(14)4-6-13/h3-7,9-10H,8H2,1-2H3,(H,15,16). The number of imidazole rings is 1. The topological polar surface area (TPSA) is 31.9 Å². The van der Waals surface area contributed by atoms with Gasteiger partial charge < -0.3 is 9.88 Å². The van der Waals surface area contributed by atoms with E-state index in [1.54, 1.807) is 24.7 Å². The fourth-order valence-electron chi connectivity index (χ4n) is 1.76. The summed E-state index contributed by atoms with van der Waals surface area (Å²) in [6.45, 7) is 4.96. The van der Waals surface area contributed by atoms with E-state index in [2.05, 4.69) is 28.7 Å². The van der Waals surface area contributed by atoms with Gasteiger partial charge in [0.1, 0.15) is 5.82 Å². The fraction of sp³-hybridized carbons (Fsp3) is 0.308. The van der Waals surface area contributed by atoms with E-state index in [1.807, 2.05) is 0 Å². The molecule has 0 unspecified atom stereocenters. The Morgan fingerprint density at radius 3 is 2.53 bits per heavy atom. The number of halogens is 1. The maximum Gasteiger partial charge on any atom is 0.123 e. The lowest BCUT2D eigenvalue weighted by atomic mass is 10.2. The van der Waals surface area contributed by atoms with Gasteiger partial charge in [0.25, 0.3) is 0 Å². The summed E-state index contributed by atoms with van der Waals surface area (Å²) in [4.78, 5) is 9.26. The molecule has 0 saturated heterocycles. The molecule has 1 aromatic carbocycles. The van der Waals surface area contributed by atoms with Crippen LogP contribution in [0.4, 0.5) is 10.1 Å². The molecular formula is C13H16FN3. The van der Waals surface area contributed by atoms with E-state index in [9.17, 15) is 4.39 Å². The van der Waals surface area contributed by atoms with Gasteiger partial charge in [0.15, 0.2) is 0 Å². The van der Waals surface area contributed by atoms with Crippen LogP contribution >= 0.6 is 0 Å². The van der Waals surface area contributed by atoms with Crippen LogP contribution in [0.5, 0.6) is 0 Å². The van der Waals surface area contributed by atoms with Crippen LogP contribution in [0.2, 0.25) is 0 Å². The molecule has 0 aliphatic carbocycles. The molecule has 3 nitrogen and oxygen atoms in total. The number of aromatic nitrogens is 2. The van der Waals surface area contributed by atoms with Crippen molar-refractivity contribution in [1.29, 1.82) is 0 Å². The van der Waals surface area contributed by atoms with Gasteiger partial charge in [0.05, 0.1) is 18.6 Å². The van der Waals surface area contributed by atoms with E-state index < -0.39 is 0 Å². The first-order valence-corrected chi connectivity index (χ1v) is 5.66. The summed E-state index contributed by atoms with van der Waals surface area (Å²) >= 11 is 0. The van der Waals surface area contributed by atoms with Crippen molar-refractivity contribution in [3.05, 3.63) is 48.3 Å². The van der Waals surface area contributed by atoms with Crippen molar-refractivity contribution in [3.63, 3.8) is 0 Å². The zero-order valence-corrected chi connectivity index (χ0v) is 10.0. The number of H-pyrrole nitrogens is 1. The largest absolute Gasteiger partial charge is 0.363 e. The third-order valence-electron chi connectivity index (χ3n) is 2.68. The molecule has 1 aromatic heterocycles. The third kappa shape index (κ3) is 2.84. The molecule has 1 N–H and O–H groups in total. The van der Waals surface area contributed by atoms with Gasteiger partial charge in [-0.05, 0) is 38.1 Å². The highest BCUT2D eigenvalue weighted by molar-refractivity contribution is 5.47. The Labute approximate surface area is 100 Å². The monoisotopic (exact) mass is 233 g/mol. The number of nitrogens with one attached hydrogen (secondary N) is 1. The molecule has 0 aliphatic rings. The predicted molar refractivity (Wildman–Crippen MR) is 66.3 cm³/mol. The summed E-state index contributed by atoms with van der Waals surface area (Å²) in [5, 5.41) is 0. The van der Waals surface area contributed by atoms with E-state index in [4.69, 9.17) is 0 Å². The Bertz CT molecular complexity index is 448. The van der Waals surface area contributed by atoms with Crippen LogP contribution in [0.25, 0.3) is 0 Å². The lowest BCUT2D eigenvalue weighted by molar-refractivity contribution is 0.625. The molecule has 2 aromatic rings. The number of benzene rings is 1. The first kappa shape index (κ1) is 11.6. The molecule has 0 radical (unpaired) electrons. The highest BCUT2D eigenvalue weighted by Crippen LogP contribution is 2.19. The lowest BCUT2D eigenvalue weighted by Gasteiger charge is -2.28. The zero-order chi connectivity index (χ0) is 12.3. The number of hydrogen-bond acceptors (Lipinski definition) is 2. The Kier molecular flexibility index (Phi) is 3.42. The van der Waals surface area contributed by atoms with Crippen molar-refractivity contribution < 1.29 is 4.39 Å². The van der Waals surface area contributed by atoms with E-state index in [0.717, 1.165) is 17.9 Å². The quantitative estimate of drug-likeness (QED) is 0.880. The zero-order valence-electron chi connectivity index (χ0n) is 10.0. The molecule has 0 amide bonds. The van der Waals surface area contributed by atoms with Gasteiger partial charge >= 0.3 is 0 Å². The minimum Gasteiger partial charge on any atom is -0.363 e. The van der Waals surface area contributed by atoms with Crippen LogP contribution in [-0.4, -0.2) is 16.0 Å². The van der Waals surface area contributed by atoms with Gasteiger partial charge in [-0.2, -0.15) is 0 Å². The first-order valence-electron chi connectivity index (χ1n) is 5.66. The number of rotatable bonds is 4. The van der Waals surface area contributed by atoms with Crippen LogP contribution in [0.1, 0.15) is 19.5 Å². The summed E-state index contributed by atoms with van der Waals surface area (Å²) < 4.78 is 12.9. The van der Waals surface area contributed by atoms with Crippen LogP contribution in [0, 0.1) is 5.82 Å². The van der Waals surface area contributed by atoms with E-state index >= 15 is 0 Å². The van der Waals surface area contributed by atoms with Crippen molar-refractivity contribution in [3.8, 4) is 0 Å². The Balaban J connectivity index is 2.20. The van der Waals surface area contributed by atoms with Gasteiger partial charge in [-0.25, -0.2) is 9.37 Å². The third-order valence-corrected chi connectivity index (χ3v) is 2.68. The van der Waals surface area contributed by atoms with E-state index in [0.29, 0.717) is 6.04 Å². The van der Waals surface area contributed by atoms with Crippen molar-refractivity contribution >= 4 is 5.69 Å². The summed E-state index contributed by atoms with van der Waals surface area (Å²) in [5.74, 6) is -0.209. The summed E-state index contributed by atoms with van der Waals surface area (Å²) in [7, 11) is 0. The second kappa shape index (κ2) is 4.99. The molecule has 90 valence electrons.